The van der Waals surface area contributed by atoms with Crippen molar-refractivity contribution in [1.29, 1.82) is 0 Å². The second kappa shape index (κ2) is 6.73. The summed E-state index contributed by atoms with van der Waals surface area (Å²) in [6.45, 7) is 3.16. The Kier molecular flexibility index (Phi) is 5.28. The lowest BCUT2D eigenvalue weighted by Gasteiger charge is -2.15. The van der Waals surface area contributed by atoms with Gasteiger partial charge in [0.15, 0.2) is 6.04 Å². The zero-order chi connectivity index (χ0) is 16.0. The number of ether oxygens (including phenoxy) is 1. The molecule has 0 fully saturated rings. The Morgan fingerprint density at radius 3 is 2.57 bits per heavy atom. The summed E-state index contributed by atoms with van der Waals surface area (Å²) in [7, 11) is 0. The topological polar surface area (TPSA) is 88.5 Å². The van der Waals surface area contributed by atoms with E-state index in [-0.39, 0.29) is 12.2 Å². The fourth-order valence-electron chi connectivity index (χ4n) is 1.33. The Hall–Kier alpha value is -2.58. The number of carbonyl (C=O) groups excluding carboxylic acids is 1. The van der Waals surface area contributed by atoms with Crippen molar-refractivity contribution in [2.75, 3.05) is 6.61 Å². The van der Waals surface area contributed by atoms with Gasteiger partial charge in [-0.1, -0.05) is 18.7 Å². The number of pyridine rings is 1. The van der Waals surface area contributed by atoms with Crippen molar-refractivity contribution < 1.29 is 32.6 Å². The molecule has 114 valence electrons. The zero-order valence-electron chi connectivity index (χ0n) is 10.6. The monoisotopic (exact) mass is 304 g/mol. The molecule has 0 radical (unpaired) electrons. The summed E-state index contributed by atoms with van der Waals surface area (Å²) < 4.78 is 41.6. The highest BCUT2D eigenvalue weighted by Gasteiger charge is 2.33. The van der Waals surface area contributed by atoms with E-state index in [4.69, 9.17) is 5.11 Å². The first kappa shape index (κ1) is 16.5. The van der Waals surface area contributed by atoms with E-state index in [1.807, 2.05) is 5.32 Å². The molecule has 0 spiro atoms. The molecule has 1 unspecified atom stereocenters. The molecule has 1 atom stereocenters. The molecule has 0 bridgehead atoms. The van der Waals surface area contributed by atoms with Crippen LogP contribution in [0, 0.1) is 0 Å². The quantitative estimate of drug-likeness (QED) is 0.814. The Balaban J connectivity index is 2.89. The van der Waals surface area contributed by atoms with Crippen LogP contribution in [0.15, 0.2) is 31.0 Å². The molecule has 0 saturated carbocycles. The van der Waals surface area contributed by atoms with Crippen molar-refractivity contribution in [2.45, 2.75) is 12.2 Å². The van der Waals surface area contributed by atoms with Crippen LogP contribution in [0.4, 0.5) is 18.0 Å². The fourth-order valence-corrected chi connectivity index (χ4v) is 1.33. The van der Waals surface area contributed by atoms with Crippen molar-refractivity contribution in [2.24, 2.45) is 0 Å². The van der Waals surface area contributed by atoms with Crippen molar-refractivity contribution in [3.8, 4) is 0 Å². The number of alkyl halides is 3. The molecule has 0 aromatic carbocycles. The number of aromatic nitrogens is 1. The molecular formula is C12H11F3N2O4. The van der Waals surface area contributed by atoms with Crippen molar-refractivity contribution in [1.82, 2.24) is 10.3 Å². The normalized spacial score (nSPS) is 12.3. The molecule has 2 N–H and O–H groups in total. The third-order valence-corrected chi connectivity index (χ3v) is 2.25. The maximum Gasteiger partial charge on any atom is 0.433 e. The number of carboxylic acid groups (broad SMARTS) is 1. The minimum atomic E-state index is -4.63. The number of hydrogen-bond acceptors (Lipinski definition) is 4. The van der Waals surface area contributed by atoms with Gasteiger partial charge < -0.3 is 15.2 Å². The summed E-state index contributed by atoms with van der Waals surface area (Å²) >= 11 is 0. The average molecular weight is 304 g/mol. The highest BCUT2D eigenvalue weighted by Crippen LogP contribution is 2.28. The first-order valence-corrected chi connectivity index (χ1v) is 5.56. The average Bonchev–Trinajstić information content (AvgIpc) is 2.41. The van der Waals surface area contributed by atoms with E-state index in [0.29, 0.717) is 6.07 Å². The molecule has 0 aliphatic heterocycles. The number of amides is 1. The maximum atomic E-state index is 12.4. The van der Waals surface area contributed by atoms with Crippen molar-refractivity contribution in [3.05, 3.63) is 42.2 Å². The number of nitrogens with zero attached hydrogens (tertiary/aromatic N) is 1. The van der Waals surface area contributed by atoms with Gasteiger partial charge >= 0.3 is 18.2 Å². The molecular weight excluding hydrogens is 293 g/mol. The van der Waals surface area contributed by atoms with Gasteiger partial charge in [-0.05, 0) is 6.07 Å². The largest absolute Gasteiger partial charge is 0.479 e. The minimum absolute atomic E-state index is 0.119. The number of halogens is 3. The van der Waals surface area contributed by atoms with Gasteiger partial charge in [0.1, 0.15) is 12.3 Å². The van der Waals surface area contributed by atoms with Crippen LogP contribution in [0.2, 0.25) is 0 Å². The van der Waals surface area contributed by atoms with Gasteiger partial charge in [0.25, 0.3) is 0 Å². The predicted molar refractivity (Wildman–Crippen MR) is 64.3 cm³/mol. The number of carbonyl (C=O) groups is 2. The van der Waals surface area contributed by atoms with E-state index in [1.165, 1.54) is 6.08 Å². The zero-order valence-corrected chi connectivity index (χ0v) is 10.6. The van der Waals surface area contributed by atoms with Crippen LogP contribution in [-0.4, -0.2) is 28.8 Å². The van der Waals surface area contributed by atoms with Crippen LogP contribution < -0.4 is 5.32 Å². The van der Waals surface area contributed by atoms with Crippen LogP contribution in [0.25, 0.3) is 0 Å². The summed E-state index contributed by atoms with van der Waals surface area (Å²) in [6, 6.07) is -0.0261. The van der Waals surface area contributed by atoms with Gasteiger partial charge in [-0.2, -0.15) is 13.2 Å². The van der Waals surface area contributed by atoms with Gasteiger partial charge in [0.05, 0.1) is 0 Å². The minimum Gasteiger partial charge on any atom is -0.479 e. The van der Waals surface area contributed by atoms with Gasteiger partial charge in [0.2, 0.25) is 0 Å². The molecule has 1 aromatic rings. The van der Waals surface area contributed by atoms with Gasteiger partial charge in [-0.25, -0.2) is 9.59 Å². The molecule has 1 aromatic heterocycles. The Morgan fingerprint density at radius 1 is 1.48 bits per heavy atom. The van der Waals surface area contributed by atoms with Crippen LogP contribution >= 0.6 is 0 Å². The van der Waals surface area contributed by atoms with Crippen LogP contribution in [0.5, 0.6) is 0 Å². The molecule has 0 aliphatic rings. The Labute approximate surface area is 117 Å². The van der Waals surface area contributed by atoms with Gasteiger partial charge in [-0.15, -0.1) is 0 Å². The first-order chi connectivity index (χ1) is 9.75. The number of rotatable bonds is 5. The molecule has 9 heteroatoms. The lowest BCUT2D eigenvalue weighted by molar-refractivity contribution is -0.141. The second-order valence-electron chi connectivity index (χ2n) is 3.78. The highest BCUT2D eigenvalue weighted by atomic mass is 19.4. The molecule has 0 saturated heterocycles. The predicted octanol–water partition coefficient (Wildman–Crippen LogP) is 2.14. The van der Waals surface area contributed by atoms with E-state index in [1.54, 1.807) is 0 Å². The third-order valence-electron chi connectivity index (χ3n) is 2.25. The second-order valence-corrected chi connectivity index (χ2v) is 3.78. The SMILES string of the molecule is C=CCOC(=O)NC(C(=O)O)c1ccc(C(F)(F)F)nc1. The summed E-state index contributed by atoms with van der Waals surface area (Å²) in [5, 5.41) is 11.0. The molecule has 1 heterocycles. The number of aliphatic carboxylic acids is 1. The fraction of sp³-hybridized carbons (Fsp3) is 0.250. The maximum absolute atomic E-state index is 12.4. The number of nitrogens with one attached hydrogen (secondary N) is 1. The van der Waals surface area contributed by atoms with Gasteiger partial charge in [0, 0.05) is 11.8 Å². The Bertz CT molecular complexity index is 528. The summed E-state index contributed by atoms with van der Waals surface area (Å²) in [6.07, 6.45) is -3.67. The number of hydrogen-bond donors (Lipinski definition) is 2. The van der Waals surface area contributed by atoms with E-state index in [9.17, 15) is 22.8 Å². The van der Waals surface area contributed by atoms with Crippen molar-refractivity contribution in [3.63, 3.8) is 0 Å². The van der Waals surface area contributed by atoms with Crippen LogP contribution in [0.1, 0.15) is 17.3 Å². The Morgan fingerprint density at radius 2 is 2.14 bits per heavy atom. The smallest absolute Gasteiger partial charge is 0.433 e. The molecule has 1 amide bonds. The third kappa shape index (κ3) is 4.79. The lowest BCUT2D eigenvalue weighted by atomic mass is 10.1. The number of alkyl carbamates (subject to hydrolysis) is 1. The molecule has 6 nitrogen and oxygen atoms in total. The van der Waals surface area contributed by atoms with Crippen molar-refractivity contribution >= 4 is 12.1 Å². The highest BCUT2D eigenvalue weighted by molar-refractivity contribution is 5.81. The van der Waals surface area contributed by atoms with E-state index in [2.05, 4.69) is 16.3 Å². The summed E-state index contributed by atoms with van der Waals surface area (Å²) in [5.41, 5.74) is -1.28. The molecule has 1 rings (SSSR count). The summed E-state index contributed by atoms with van der Waals surface area (Å²) in [5.74, 6) is -1.47. The van der Waals surface area contributed by atoms with E-state index < -0.39 is 30.0 Å². The molecule has 0 aliphatic carbocycles. The lowest BCUT2D eigenvalue weighted by Crippen LogP contribution is -2.34. The standard InChI is InChI=1S/C12H11F3N2O4/c1-2-5-21-11(20)17-9(10(18)19)7-3-4-8(16-6-7)12(13,14)15/h2-4,6,9H,1,5H2,(H,17,20)(H,18,19). The van der Waals surface area contributed by atoms with E-state index >= 15 is 0 Å². The number of carboxylic acids is 1. The van der Waals surface area contributed by atoms with Crippen LogP contribution in [-0.2, 0) is 15.7 Å². The van der Waals surface area contributed by atoms with Crippen LogP contribution in [0.3, 0.4) is 0 Å². The molecule has 21 heavy (non-hydrogen) atoms. The van der Waals surface area contributed by atoms with E-state index in [0.717, 1.165) is 12.3 Å². The van der Waals surface area contributed by atoms with Gasteiger partial charge in [-0.3, -0.25) is 4.98 Å². The first-order valence-electron chi connectivity index (χ1n) is 5.56. The summed E-state index contributed by atoms with van der Waals surface area (Å²) in [4.78, 5) is 25.4.